The monoisotopic (exact) mass is 541 g/mol. The first kappa shape index (κ1) is 34.1. The van der Waals surface area contributed by atoms with Gasteiger partial charge in [0, 0.05) is 30.1 Å². The number of carbonyl (C=O) groups is 2. The minimum Gasteiger partial charge on any atom is -0.462 e. The van der Waals surface area contributed by atoms with Crippen molar-refractivity contribution in [2.45, 2.75) is 105 Å². The van der Waals surface area contributed by atoms with Crippen LogP contribution in [0.25, 0.3) is 0 Å². The van der Waals surface area contributed by atoms with Crippen LogP contribution in [-0.2, 0) is 14.3 Å². The van der Waals surface area contributed by atoms with E-state index in [-0.39, 0.29) is 41.9 Å². The maximum absolute atomic E-state index is 11.9. The predicted octanol–water partition coefficient (Wildman–Crippen LogP) is 3.18. The highest BCUT2D eigenvalue weighted by molar-refractivity contribution is 5.73. The number of hydrogen-bond acceptors (Lipinski definition) is 8. The molecule has 0 unspecified atom stereocenters. The molecule has 9 heteroatoms. The maximum atomic E-state index is 11.9. The normalized spacial score (nSPS) is 28.9. The number of carbonyl (C=O) groups excluding carboxylic acids is 2. The van der Waals surface area contributed by atoms with Gasteiger partial charge in [0.15, 0.2) is 0 Å². The van der Waals surface area contributed by atoms with E-state index in [1.807, 2.05) is 53.7 Å². The van der Waals surface area contributed by atoms with Crippen LogP contribution in [0.2, 0.25) is 0 Å². The van der Waals surface area contributed by atoms with Crippen molar-refractivity contribution in [3.05, 3.63) is 24.3 Å². The van der Waals surface area contributed by atoms with Crippen molar-refractivity contribution in [2.24, 2.45) is 47.2 Å². The zero-order valence-electron chi connectivity index (χ0n) is 24.2. The second kappa shape index (κ2) is 15.6. The summed E-state index contributed by atoms with van der Waals surface area (Å²) in [6.07, 6.45) is 2.93. The van der Waals surface area contributed by atoms with Crippen molar-refractivity contribution in [2.75, 3.05) is 0 Å². The number of aliphatic hydroxyl groups is 4. The molecule has 1 saturated heterocycles. The van der Waals surface area contributed by atoms with Gasteiger partial charge in [0.1, 0.15) is 12.2 Å². The van der Waals surface area contributed by atoms with Gasteiger partial charge in [0.05, 0.1) is 30.3 Å². The molecule has 0 saturated carbocycles. The molecular formula is C29H51NO8. The molecule has 220 valence electrons. The van der Waals surface area contributed by atoms with E-state index in [1.165, 1.54) is 0 Å². The van der Waals surface area contributed by atoms with E-state index in [9.17, 15) is 30.0 Å². The molecule has 0 aromatic rings. The van der Waals surface area contributed by atoms with E-state index < -0.39 is 54.6 Å². The summed E-state index contributed by atoms with van der Waals surface area (Å²) < 4.78 is 10.6. The standard InChI is InChI=1S/C29H51NO8/c1-15(2)27(38-29(30)36)20(7)25(33)17(4)11-9-10-16(3)24(32)18(5)12-13-22(31)14-23-19(6)26(34)21(8)28(35)37-23/h9-10,12-13,15-27,31-34H,11,14H2,1-8H3,(H2,30,36)/b10-9-,13-12-/t16-,17-,18-,19-,20-,21+,22+,23-,24+,25+,26-,27-/m0/s1. The highest BCUT2D eigenvalue weighted by Crippen LogP contribution is 2.29. The second-order valence-electron chi connectivity index (χ2n) is 11.6. The van der Waals surface area contributed by atoms with Crippen LogP contribution >= 0.6 is 0 Å². The van der Waals surface area contributed by atoms with Crippen LogP contribution in [0, 0.1) is 41.4 Å². The predicted molar refractivity (Wildman–Crippen MR) is 146 cm³/mol. The molecule has 1 rings (SSSR count). The molecule has 0 aliphatic carbocycles. The molecule has 6 N–H and O–H groups in total. The summed E-state index contributed by atoms with van der Waals surface area (Å²) in [6.45, 7) is 14.8. The molecule has 1 amide bonds. The Morgan fingerprint density at radius 3 is 2.13 bits per heavy atom. The summed E-state index contributed by atoms with van der Waals surface area (Å²) in [5.74, 6) is -2.14. The minimum absolute atomic E-state index is 0.00879. The van der Waals surface area contributed by atoms with Gasteiger partial charge < -0.3 is 35.6 Å². The molecule has 1 fully saturated rings. The molecule has 1 aliphatic heterocycles. The summed E-state index contributed by atoms with van der Waals surface area (Å²) in [7, 11) is 0. The molecular weight excluding hydrogens is 490 g/mol. The number of cyclic esters (lactones) is 1. The average Bonchev–Trinajstić information content (AvgIpc) is 2.85. The number of esters is 1. The van der Waals surface area contributed by atoms with Gasteiger partial charge in [0.2, 0.25) is 0 Å². The van der Waals surface area contributed by atoms with Crippen LogP contribution in [-0.4, -0.2) is 69.1 Å². The van der Waals surface area contributed by atoms with Crippen molar-refractivity contribution >= 4 is 12.1 Å². The summed E-state index contributed by atoms with van der Waals surface area (Å²) in [4.78, 5) is 23.1. The summed E-state index contributed by atoms with van der Waals surface area (Å²) in [5, 5.41) is 42.2. The third-order valence-electron chi connectivity index (χ3n) is 7.96. The van der Waals surface area contributed by atoms with E-state index in [1.54, 1.807) is 26.0 Å². The summed E-state index contributed by atoms with van der Waals surface area (Å²) in [6, 6.07) is 0. The Morgan fingerprint density at radius 2 is 1.58 bits per heavy atom. The van der Waals surface area contributed by atoms with Gasteiger partial charge in [-0.05, 0) is 25.2 Å². The van der Waals surface area contributed by atoms with E-state index >= 15 is 0 Å². The fraction of sp³-hybridized carbons (Fsp3) is 0.793. The number of amides is 1. The number of hydrogen-bond donors (Lipinski definition) is 5. The quantitative estimate of drug-likeness (QED) is 0.166. The largest absolute Gasteiger partial charge is 0.462 e. The highest BCUT2D eigenvalue weighted by Gasteiger charge is 2.40. The summed E-state index contributed by atoms with van der Waals surface area (Å²) in [5.41, 5.74) is 5.19. The second-order valence-corrected chi connectivity index (χ2v) is 11.6. The topological polar surface area (TPSA) is 160 Å². The van der Waals surface area contributed by atoms with Gasteiger partial charge in [0.25, 0.3) is 0 Å². The Balaban J connectivity index is 2.60. The molecule has 1 heterocycles. The van der Waals surface area contributed by atoms with Crippen LogP contribution in [0.15, 0.2) is 24.3 Å². The molecule has 38 heavy (non-hydrogen) atoms. The first-order valence-electron chi connectivity index (χ1n) is 13.8. The van der Waals surface area contributed by atoms with Crippen LogP contribution in [0.3, 0.4) is 0 Å². The third-order valence-corrected chi connectivity index (χ3v) is 7.96. The van der Waals surface area contributed by atoms with E-state index in [4.69, 9.17) is 15.2 Å². The molecule has 12 atom stereocenters. The Bertz CT molecular complexity index is 799. The fourth-order valence-corrected chi connectivity index (χ4v) is 5.11. The Kier molecular flexibility index (Phi) is 14.0. The molecule has 0 aromatic heterocycles. The molecule has 9 nitrogen and oxygen atoms in total. The van der Waals surface area contributed by atoms with Crippen LogP contribution in [0.1, 0.15) is 68.2 Å². The zero-order chi connectivity index (χ0) is 29.3. The average molecular weight is 542 g/mol. The molecule has 1 aliphatic rings. The zero-order valence-corrected chi connectivity index (χ0v) is 24.2. The lowest BCUT2D eigenvalue weighted by Crippen LogP contribution is -2.47. The van der Waals surface area contributed by atoms with Gasteiger partial charge in [-0.25, -0.2) is 4.79 Å². The van der Waals surface area contributed by atoms with Gasteiger partial charge in [-0.3, -0.25) is 4.79 Å². The van der Waals surface area contributed by atoms with E-state index in [0.717, 1.165) is 0 Å². The Labute approximate surface area is 228 Å². The van der Waals surface area contributed by atoms with Crippen LogP contribution in [0.4, 0.5) is 4.79 Å². The van der Waals surface area contributed by atoms with Crippen molar-refractivity contribution in [3.8, 4) is 0 Å². The SMILES string of the molecule is CC(C)[C@H](OC(N)=O)[C@@H](C)[C@H](O)[C@@H](C)C/C=C\[C@H](C)[C@@H](O)[C@@H](C)/C=C\[C@@H](O)C[C@@H]1OC(=O)[C@H](C)[C@@H](O)[C@H]1C. The number of ether oxygens (including phenoxy) is 2. The van der Waals surface area contributed by atoms with Crippen LogP contribution < -0.4 is 5.73 Å². The number of primary amides is 1. The van der Waals surface area contributed by atoms with Gasteiger partial charge in [-0.15, -0.1) is 0 Å². The van der Waals surface area contributed by atoms with Crippen molar-refractivity contribution in [1.82, 2.24) is 0 Å². The van der Waals surface area contributed by atoms with Gasteiger partial charge in [-0.1, -0.05) is 72.8 Å². The highest BCUT2D eigenvalue weighted by atomic mass is 16.6. The Hall–Kier alpha value is -1.94. The van der Waals surface area contributed by atoms with Gasteiger partial charge >= 0.3 is 12.1 Å². The third kappa shape index (κ3) is 9.98. The number of allylic oxidation sites excluding steroid dienone is 1. The number of nitrogens with two attached hydrogens (primary N) is 1. The lowest BCUT2D eigenvalue weighted by Gasteiger charge is -2.36. The lowest BCUT2D eigenvalue weighted by atomic mass is 9.83. The fourth-order valence-electron chi connectivity index (χ4n) is 5.11. The smallest absolute Gasteiger partial charge is 0.404 e. The molecule has 0 bridgehead atoms. The minimum atomic E-state index is -0.881. The van der Waals surface area contributed by atoms with E-state index in [2.05, 4.69) is 0 Å². The first-order chi connectivity index (χ1) is 17.6. The Morgan fingerprint density at radius 1 is 1.00 bits per heavy atom. The summed E-state index contributed by atoms with van der Waals surface area (Å²) >= 11 is 0. The molecule has 0 aromatic carbocycles. The van der Waals surface area contributed by atoms with Crippen molar-refractivity contribution < 1.29 is 39.5 Å². The maximum Gasteiger partial charge on any atom is 0.404 e. The molecule has 0 radical (unpaired) electrons. The van der Waals surface area contributed by atoms with Crippen molar-refractivity contribution in [3.63, 3.8) is 0 Å². The van der Waals surface area contributed by atoms with Crippen molar-refractivity contribution in [1.29, 1.82) is 0 Å². The van der Waals surface area contributed by atoms with E-state index in [0.29, 0.717) is 6.42 Å². The lowest BCUT2D eigenvalue weighted by molar-refractivity contribution is -0.179. The first-order valence-corrected chi connectivity index (χ1v) is 13.8. The number of rotatable bonds is 14. The van der Waals surface area contributed by atoms with Crippen LogP contribution in [0.5, 0.6) is 0 Å². The van der Waals surface area contributed by atoms with Gasteiger partial charge in [-0.2, -0.15) is 0 Å². The number of aliphatic hydroxyl groups excluding tert-OH is 4. The molecule has 0 spiro atoms.